The van der Waals surface area contributed by atoms with Gasteiger partial charge < -0.3 is 18.8 Å². The summed E-state index contributed by atoms with van der Waals surface area (Å²) < 4.78 is 45.8. The number of thiazole rings is 1. The lowest BCUT2D eigenvalue weighted by molar-refractivity contribution is -0.0386. The predicted molar refractivity (Wildman–Crippen MR) is 137 cm³/mol. The number of fused-ring (bicyclic) bond motifs is 3. The van der Waals surface area contributed by atoms with Crippen molar-refractivity contribution in [1.29, 1.82) is 0 Å². The summed E-state index contributed by atoms with van der Waals surface area (Å²) in [5.41, 5.74) is 0.817. The Morgan fingerprint density at radius 3 is 2.54 bits per heavy atom. The Morgan fingerprint density at radius 1 is 1.16 bits per heavy atom. The minimum absolute atomic E-state index is 0.0152. The molecule has 0 spiro atoms. The van der Waals surface area contributed by atoms with E-state index in [1.807, 2.05) is 31.1 Å². The maximum atomic E-state index is 13.6. The molecule has 2 atom stereocenters. The van der Waals surface area contributed by atoms with Crippen molar-refractivity contribution in [3.8, 4) is 10.6 Å². The van der Waals surface area contributed by atoms with Gasteiger partial charge in [0.2, 0.25) is 10.0 Å². The van der Waals surface area contributed by atoms with Crippen molar-refractivity contribution in [2.24, 2.45) is 0 Å². The fourth-order valence-corrected chi connectivity index (χ4v) is 7.34. The van der Waals surface area contributed by atoms with Crippen LogP contribution in [-0.2, 0) is 19.5 Å². The van der Waals surface area contributed by atoms with Crippen LogP contribution in [0.25, 0.3) is 21.7 Å². The molecule has 198 valence electrons. The van der Waals surface area contributed by atoms with Crippen molar-refractivity contribution in [1.82, 2.24) is 19.2 Å². The number of sulfonamides is 1. The highest BCUT2D eigenvalue weighted by Crippen LogP contribution is 2.40. The van der Waals surface area contributed by atoms with E-state index in [1.165, 1.54) is 15.6 Å². The normalized spacial score (nSPS) is 22.8. The molecule has 2 aromatic heterocycles. The average molecular weight is 548 g/mol. The number of hydrogen-bond acceptors (Lipinski definition) is 10. The van der Waals surface area contributed by atoms with Crippen LogP contribution in [0.15, 0.2) is 33.0 Å². The van der Waals surface area contributed by atoms with Crippen LogP contribution in [0.4, 0.5) is 10.8 Å². The molecule has 13 heteroatoms. The number of carbonyl (C=O) groups excluding carboxylic acids is 1. The zero-order valence-corrected chi connectivity index (χ0v) is 22.5. The summed E-state index contributed by atoms with van der Waals surface area (Å²) in [6.07, 6.45) is 2.28. The van der Waals surface area contributed by atoms with Gasteiger partial charge in [-0.1, -0.05) is 0 Å². The molecular weight excluding hydrogens is 518 g/mol. The lowest BCUT2D eigenvalue weighted by Gasteiger charge is -2.55. The van der Waals surface area contributed by atoms with Gasteiger partial charge in [-0.15, -0.1) is 11.3 Å². The molecule has 6 heterocycles. The SMILES string of the molecule is CC(C)(C)OC(=O)N1C2CC1CN(c1nc3c(S(=O)(=O)N4CCOCC4)ccc(-c4nccs4)c3o1)C2. The standard InChI is InChI=1S/C24H29N5O6S2/c1-24(2,3)35-23(30)29-15-12-16(29)14-27(13-15)22-26-19-18(37(31,32)28-7-9-33-10-8-28)5-4-17(20(19)34-22)21-25-6-11-36-21/h4-6,11,15-16H,7-10,12-14H2,1-3H3. The second-order valence-electron chi connectivity index (χ2n) is 10.5. The minimum Gasteiger partial charge on any atom is -0.444 e. The lowest BCUT2D eigenvalue weighted by Crippen LogP contribution is -2.70. The zero-order chi connectivity index (χ0) is 25.9. The first-order valence-corrected chi connectivity index (χ1v) is 14.6. The van der Waals surface area contributed by atoms with Gasteiger partial charge in [-0.2, -0.15) is 9.29 Å². The number of aromatic nitrogens is 2. The van der Waals surface area contributed by atoms with Crippen molar-refractivity contribution in [3.05, 3.63) is 23.7 Å². The van der Waals surface area contributed by atoms with Crippen molar-refractivity contribution >= 4 is 44.6 Å². The summed E-state index contributed by atoms with van der Waals surface area (Å²) in [4.78, 5) is 25.7. The fourth-order valence-electron chi connectivity index (χ4n) is 5.15. The minimum atomic E-state index is -3.81. The Morgan fingerprint density at radius 2 is 1.89 bits per heavy atom. The van der Waals surface area contributed by atoms with Crippen LogP contribution in [0.5, 0.6) is 0 Å². The van der Waals surface area contributed by atoms with E-state index in [0.717, 1.165) is 11.4 Å². The van der Waals surface area contributed by atoms with Gasteiger partial charge in [0.15, 0.2) is 5.58 Å². The number of piperazine rings is 1. The molecule has 37 heavy (non-hydrogen) atoms. The molecule has 4 aliphatic rings. The Kier molecular flexibility index (Phi) is 5.93. The van der Waals surface area contributed by atoms with Gasteiger partial charge >= 0.3 is 6.09 Å². The van der Waals surface area contributed by atoms with Crippen LogP contribution >= 0.6 is 11.3 Å². The van der Waals surface area contributed by atoms with E-state index in [9.17, 15) is 13.2 Å². The summed E-state index contributed by atoms with van der Waals surface area (Å²) in [5.74, 6) is 0. The summed E-state index contributed by atoms with van der Waals surface area (Å²) >= 11 is 1.45. The van der Waals surface area contributed by atoms with Gasteiger partial charge in [0.1, 0.15) is 21.0 Å². The highest BCUT2D eigenvalue weighted by atomic mass is 32.2. The van der Waals surface area contributed by atoms with Gasteiger partial charge in [-0.25, -0.2) is 18.2 Å². The van der Waals surface area contributed by atoms with Gasteiger partial charge in [0.05, 0.1) is 30.9 Å². The molecule has 2 unspecified atom stereocenters. The molecule has 4 aliphatic heterocycles. The molecule has 11 nitrogen and oxygen atoms in total. The molecule has 0 saturated carbocycles. The number of rotatable bonds is 4. The second-order valence-corrected chi connectivity index (χ2v) is 13.3. The van der Waals surface area contributed by atoms with Crippen LogP contribution in [0, 0.1) is 0 Å². The number of ether oxygens (including phenoxy) is 2. The molecule has 1 amide bonds. The number of anilines is 1. The summed E-state index contributed by atoms with van der Waals surface area (Å²) in [5, 5.41) is 2.58. The van der Waals surface area contributed by atoms with Crippen LogP contribution in [0.2, 0.25) is 0 Å². The number of oxazole rings is 1. The van der Waals surface area contributed by atoms with E-state index in [2.05, 4.69) is 4.98 Å². The van der Waals surface area contributed by atoms with Crippen LogP contribution < -0.4 is 4.90 Å². The Bertz CT molecular complexity index is 1410. The van der Waals surface area contributed by atoms with Gasteiger partial charge in [0, 0.05) is 37.8 Å². The van der Waals surface area contributed by atoms with E-state index in [0.29, 0.717) is 56.6 Å². The molecule has 2 bridgehead atoms. The average Bonchev–Trinajstić information content (AvgIpc) is 3.53. The van der Waals surface area contributed by atoms with Crippen LogP contribution in [0.1, 0.15) is 27.2 Å². The molecule has 3 aromatic rings. The van der Waals surface area contributed by atoms with Crippen LogP contribution in [0.3, 0.4) is 0 Å². The fraction of sp³-hybridized carbons (Fsp3) is 0.542. The zero-order valence-electron chi connectivity index (χ0n) is 20.9. The van der Waals surface area contributed by atoms with Crippen molar-refractivity contribution < 1.29 is 27.1 Å². The number of piperidine rings is 1. The monoisotopic (exact) mass is 547 g/mol. The molecule has 0 N–H and O–H groups in total. The summed E-state index contributed by atoms with van der Waals surface area (Å²) in [6, 6.07) is 3.64. The van der Waals surface area contributed by atoms with E-state index in [4.69, 9.17) is 18.9 Å². The highest BCUT2D eigenvalue weighted by Gasteiger charge is 2.49. The Hall–Kier alpha value is -2.74. The molecule has 0 aliphatic carbocycles. The first-order valence-electron chi connectivity index (χ1n) is 12.3. The molecular formula is C24H29N5O6S2. The quantitative estimate of drug-likeness (QED) is 0.485. The highest BCUT2D eigenvalue weighted by molar-refractivity contribution is 7.89. The molecule has 1 aromatic carbocycles. The van der Waals surface area contributed by atoms with E-state index < -0.39 is 15.6 Å². The van der Waals surface area contributed by atoms with E-state index >= 15 is 0 Å². The topological polar surface area (TPSA) is 118 Å². The largest absolute Gasteiger partial charge is 0.444 e. The maximum Gasteiger partial charge on any atom is 0.410 e. The third-order valence-electron chi connectivity index (χ3n) is 6.81. The smallest absolute Gasteiger partial charge is 0.410 e. The summed E-state index contributed by atoms with van der Waals surface area (Å²) in [7, 11) is -3.81. The first kappa shape index (κ1) is 24.6. The number of benzene rings is 1. The Labute approximate surface area is 219 Å². The number of amides is 1. The van der Waals surface area contributed by atoms with E-state index in [1.54, 1.807) is 23.2 Å². The lowest BCUT2D eigenvalue weighted by atomic mass is 9.88. The molecule has 7 rings (SSSR count). The van der Waals surface area contributed by atoms with E-state index in [-0.39, 0.29) is 28.6 Å². The van der Waals surface area contributed by atoms with Crippen molar-refractivity contribution in [2.75, 3.05) is 44.3 Å². The van der Waals surface area contributed by atoms with Crippen LogP contribution in [-0.4, -0.2) is 90.8 Å². The van der Waals surface area contributed by atoms with Gasteiger partial charge in [-0.3, -0.25) is 4.90 Å². The van der Waals surface area contributed by atoms with Gasteiger partial charge in [0.25, 0.3) is 6.01 Å². The first-order chi connectivity index (χ1) is 17.6. The number of carbonyl (C=O) groups is 1. The molecule has 4 fully saturated rings. The predicted octanol–water partition coefficient (Wildman–Crippen LogP) is 3.17. The number of hydrogen-bond donors (Lipinski definition) is 0. The number of nitrogens with zero attached hydrogens (tertiary/aromatic N) is 5. The third kappa shape index (κ3) is 4.37. The third-order valence-corrected chi connectivity index (χ3v) is 9.55. The van der Waals surface area contributed by atoms with Crippen molar-refractivity contribution in [2.45, 2.75) is 49.8 Å². The maximum absolute atomic E-state index is 13.6. The van der Waals surface area contributed by atoms with Crippen molar-refractivity contribution in [3.63, 3.8) is 0 Å². The summed E-state index contributed by atoms with van der Waals surface area (Å²) in [6.45, 7) is 7.91. The Balaban J connectivity index is 1.35. The second kappa shape index (κ2) is 8.93. The molecule has 0 radical (unpaired) electrons. The molecule has 4 saturated heterocycles. The number of morpholine rings is 1. The van der Waals surface area contributed by atoms with Gasteiger partial charge in [-0.05, 0) is 39.3 Å².